The summed E-state index contributed by atoms with van der Waals surface area (Å²) in [6, 6.07) is 9.62. The van der Waals surface area contributed by atoms with Crippen molar-refractivity contribution in [3.05, 3.63) is 63.7 Å². The number of H-pyrrole nitrogens is 1. The van der Waals surface area contributed by atoms with E-state index < -0.39 is 0 Å². The quantitative estimate of drug-likeness (QED) is 0.520. The lowest BCUT2D eigenvalue weighted by atomic mass is 10.1. The zero-order chi connectivity index (χ0) is 19.8. The van der Waals surface area contributed by atoms with Crippen molar-refractivity contribution < 1.29 is 13.9 Å². The number of aromatic amines is 1. The van der Waals surface area contributed by atoms with Gasteiger partial charge < -0.3 is 24.2 Å². The molecule has 5 rings (SSSR count). The van der Waals surface area contributed by atoms with Crippen LogP contribution in [-0.4, -0.2) is 23.2 Å². The number of hydrogen-bond donors (Lipinski definition) is 2. The van der Waals surface area contributed by atoms with Crippen LogP contribution in [0.15, 0.2) is 51.2 Å². The molecule has 8 heteroatoms. The van der Waals surface area contributed by atoms with Gasteiger partial charge in [0.25, 0.3) is 5.56 Å². The van der Waals surface area contributed by atoms with E-state index in [0.717, 1.165) is 22.6 Å². The van der Waals surface area contributed by atoms with Gasteiger partial charge in [0.1, 0.15) is 29.6 Å². The second kappa shape index (κ2) is 7.38. The smallest absolute Gasteiger partial charge is 0.260 e. The average molecular weight is 409 g/mol. The molecule has 1 aromatic carbocycles. The molecular weight excluding hydrogens is 390 g/mol. The van der Waals surface area contributed by atoms with E-state index in [4.69, 9.17) is 13.9 Å². The van der Waals surface area contributed by atoms with Gasteiger partial charge in [-0.2, -0.15) is 0 Å². The van der Waals surface area contributed by atoms with Gasteiger partial charge in [-0.1, -0.05) is 6.07 Å². The molecule has 0 radical (unpaired) electrons. The van der Waals surface area contributed by atoms with E-state index in [-0.39, 0.29) is 11.6 Å². The Morgan fingerprint density at radius 2 is 2.10 bits per heavy atom. The van der Waals surface area contributed by atoms with Gasteiger partial charge in [0.2, 0.25) is 0 Å². The minimum atomic E-state index is -0.161. The highest BCUT2D eigenvalue weighted by atomic mass is 32.1. The third-order valence-corrected chi connectivity index (χ3v) is 5.79. The number of benzene rings is 1. The van der Waals surface area contributed by atoms with Gasteiger partial charge in [0, 0.05) is 17.0 Å². The number of nitrogens with zero attached hydrogens (tertiary/aromatic N) is 1. The number of furan rings is 1. The lowest BCUT2D eigenvalue weighted by Gasteiger charge is -2.21. The van der Waals surface area contributed by atoms with E-state index in [1.807, 2.05) is 29.6 Å². The van der Waals surface area contributed by atoms with Gasteiger partial charge in [-0.05, 0) is 36.8 Å². The van der Waals surface area contributed by atoms with E-state index in [9.17, 15) is 4.79 Å². The maximum atomic E-state index is 12.7. The molecule has 148 valence electrons. The van der Waals surface area contributed by atoms with E-state index in [2.05, 4.69) is 22.2 Å². The van der Waals surface area contributed by atoms with Crippen LogP contribution in [0.3, 0.4) is 0 Å². The van der Waals surface area contributed by atoms with Crippen molar-refractivity contribution in [2.45, 2.75) is 19.5 Å². The summed E-state index contributed by atoms with van der Waals surface area (Å²) in [5.41, 5.74) is 1.69. The molecule has 0 spiro atoms. The summed E-state index contributed by atoms with van der Waals surface area (Å²) in [5.74, 6) is 2.80. The summed E-state index contributed by atoms with van der Waals surface area (Å²) < 4.78 is 16.7. The molecule has 3 aromatic heterocycles. The van der Waals surface area contributed by atoms with Crippen LogP contribution in [0.2, 0.25) is 0 Å². The first-order chi connectivity index (χ1) is 14.2. The van der Waals surface area contributed by atoms with E-state index in [0.29, 0.717) is 41.6 Å². The number of ether oxygens (including phenoxy) is 2. The summed E-state index contributed by atoms with van der Waals surface area (Å²) in [6.07, 6.45) is 1.60. The molecule has 0 bridgehead atoms. The Bertz CT molecular complexity index is 1210. The maximum Gasteiger partial charge on any atom is 0.260 e. The maximum absolute atomic E-state index is 12.7. The molecule has 1 aliphatic rings. The van der Waals surface area contributed by atoms with Crippen molar-refractivity contribution in [1.29, 1.82) is 0 Å². The summed E-state index contributed by atoms with van der Waals surface area (Å²) in [6.45, 7) is 3.63. The fourth-order valence-corrected chi connectivity index (χ4v) is 4.33. The van der Waals surface area contributed by atoms with Crippen LogP contribution >= 0.6 is 11.3 Å². The van der Waals surface area contributed by atoms with E-state index in [1.54, 1.807) is 12.3 Å². The number of fused-ring (bicyclic) bond motifs is 2. The zero-order valence-corrected chi connectivity index (χ0v) is 16.5. The van der Waals surface area contributed by atoms with Crippen molar-refractivity contribution in [3.63, 3.8) is 0 Å². The Labute approximate surface area is 170 Å². The van der Waals surface area contributed by atoms with E-state index >= 15 is 0 Å². The highest BCUT2D eigenvalue weighted by Gasteiger charge is 2.16. The first-order valence-corrected chi connectivity index (χ1v) is 10.2. The van der Waals surface area contributed by atoms with Gasteiger partial charge in [-0.25, -0.2) is 4.98 Å². The lowest BCUT2D eigenvalue weighted by molar-refractivity contribution is 0.171. The number of aromatic nitrogens is 2. The van der Waals surface area contributed by atoms with Gasteiger partial charge in [0.15, 0.2) is 11.5 Å². The summed E-state index contributed by atoms with van der Waals surface area (Å²) in [4.78, 5) is 20.9. The monoisotopic (exact) mass is 409 g/mol. The molecule has 0 saturated heterocycles. The van der Waals surface area contributed by atoms with Crippen LogP contribution in [0.4, 0.5) is 0 Å². The minimum absolute atomic E-state index is 0.0499. The summed E-state index contributed by atoms with van der Waals surface area (Å²) >= 11 is 1.44. The van der Waals surface area contributed by atoms with Gasteiger partial charge >= 0.3 is 0 Å². The molecule has 1 atom stereocenters. The van der Waals surface area contributed by atoms with Crippen LogP contribution in [0, 0.1) is 0 Å². The van der Waals surface area contributed by atoms with Crippen molar-refractivity contribution >= 4 is 21.6 Å². The molecule has 2 N–H and O–H groups in total. The average Bonchev–Trinajstić information content (AvgIpc) is 3.41. The molecule has 4 heterocycles. The van der Waals surface area contributed by atoms with Gasteiger partial charge in [0.05, 0.1) is 18.2 Å². The third-order valence-electron chi connectivity index (χ3n) is 4.92. The third kappa shape index (κ3) is 3.41. The first kappa shape index (κ1) is 18.0. The van der Waals surface area contributed by atoms with Gasteiger partial charge in [-0.3, -0.25) is 4.79 Å². The second-order valence-corrected chi connectivity index (χ2v) is 7.68. The van der Waals surface area contributed by atoms with Crippen LogP contribution in [0.5, 0.6) is 11.5 Å². The van der Waals surface area contributed by atoms with Gasteiger partial charge in [-0.15, -0.1) is 11.3 Å². The fraction of sp³-hybridized carbons (Fsp3) is 0.238. The molecule has 7 nitrogen and oxygen atoms in total. The number of rotatable bonds is 5. The summed E-state index contributed by atoms with van der Waals surface area (Å²) in [7, 11) is 0. The van der Waals surface area contributed by atoms with Crippen LogP contribution in [0.25, 0.3) is 21.5 Å². The van der Waals surface area contributed by atoms with Crippen LogP contribution < -0.4 is 20.3 Å². The number of nitrogens with one attached hydrogen (secondary N) is 2. The number of hydrogen-bond acceptors (Lipinski definition) is 7. The SMILES string of the molecule is C[C@@H](NCc1nc2scc(-c3ccco3)c2c(=O)[nH]1)c1ccc2c(c1)OCCO2. The Morgan fingerprint density at radius 1 is 1.24 bits per heavy atom. The molecule has 29 heavy (non-hydrogen) atoms. The lowest BCUT2D eigenvalue weighted by Crippen LogP contribution is -2.22. The van der Waals surface area contributed by atoms with Crippen molar-refractivity contribution in [2.75, 3.05) is 13.2 Å². The van der Waals surface area contributed by atoms with Crippen molar-refractivity contribution in [1.82, 2.24) is 15.3 Å². The predicted octanol–water partition coefficient (Wildman–Crippen LogP) is 3.87. The van der Waals surface area contributed by atoms with E-state index in [1.165, 1.54) is 11.3 Å². The molecular formula is C21H19N3O4S. The Balaban J connectivity index is 1.35. The predicted molar refractivity (Wildman–Crippen MR) is 111 cm³/mol. The molecule has 4 aromatic rings. The fourth-order valence-electron chi connectivity index (χ4n) is 3.39. The molecule has 0 fully saturated rings. The van der Waals surface area contributed by atoms with Crippen LogP contribution in [0.1, 0.15) is 24.4 Å². The molecule has 0 saturated carbocycles. The van der Waals surface area contributed by atoms with Crippen molar-refractivity contribution in [3.8, 4) is 22.8 Å². The number of thiophene rings is 1. The highest BCUT2D eigenvalue weighted by Crippen LogP contribution is 2.33. The minimum Gasteiger partial charge on any atom is -0.486 e. The Hall–Kier alpha value is -3.10. The molecule has 0 aliphatic carbocycles. The first-order valence-electron chi connectivity index (χ1n) is 9.36. The highest BCUT2D eigenvalue weighted by molar-refractivity contribution is 7.17. The topological polar surface area (TPSA) is 89.4 Å². The standard InChI is InChI=1S/C21H19N3O4S/c1-12(13-4-5-16-17(9-13)28-8-7-27-16)22-10-18-23-20(25)19-14(11-29-21(19)24-18)15-3-2-6-26-15/h2-6,9,11-12,22H,7-8,10H2,1H3,(H,23,24,25)/t12-/m1/s1. The van der Waals surface area contributed by atoms with Crippen molar-refractivity contribution in [2.24, 2.45) is 0 Å². The second-order valence-electron chi connectivity index (χ2n) is 6.83. The zero-order valence-electron chi connectivity index (χ0n) is 15.7. The Kier molecular flexibility index (Phi) is 4.57. The normalized spacial score (nSPS) is 14.2. The Morgan fingerprint density at radius 3 is 2.93 bits per heavy atom. The largest absolute Gasteiger partial charge is 0.486 e. The molecule has 0 unspecified atom stereocenters. The molecule has 1 aliphatic heterocycles. The molecule has 0 amide bonds. The summed E-state index contributed by atoms with van der Waals surface area (Å²) in [5, 5.41) is 5.87. The van der Waals surface area contributed by atoms with Crippen LogP contribution in [-0.2, 0) is 6.54 Å².